The summed E-state index contributed by atoms with van der Waals surface area (Å²) in [5.41, 5.74) is 0.822. The molecule has 6 heteroatoms. The van der Waals surface area contributed by atoms with Crippen molar-refractivity contribution in [3.8, 4) is 0 Å². The highest BCUT2D eigenvalue weighted by Crippen LogP contribution is 2.21. The highest BCUT2D eigenvalue weighted by Gasteiger charge is 2.41. The minimum atomic E-state index is -1.40. The van der Waals surface area contributed by atoms with Gasteiger partial charge in [-0.1, -0.05) is 42.5 Å². The van der Waals surface area contributed by atoms with Crippen molar-refractivity contribution in [1.29, 1.82) is 0 Å². The molecule has 0 spiro atoms. The maximum absolute atomic E-state index is 12.3. The fourth-order valence-corrected chi connectivity index (χ4v) is 2.20. The second-order valence-electron chi connectivity index (χ2n) is 5.03. The first-order chi connectivity index (χ1) is 12.0. The summed E-state index contributed by atoms with van der Waals surface area (Å²) in [6.45, 7) is 5.21. The number of ether oxygens (including phenoxy) is 3. The maximum Gasteiger partial charge on any atom is 0.321 e. The Balaban J connectivity index is 3.18. The van der Waals surface area contributed by atoms with Gasteiger partial charge in [0.1, 0.15) is 0 Å². The van der Waals surface area contributed by atoms with E-state index >= 15 is 0 Å². The summed E-state index contributed by atoms with van der Waals surface area (Å²) >= 11 is 0. The van der Waals surface area contributed by atoms with Gasteiger partial charge in [-0.2, -0.15) is 0 Å². The van der Waals surface area contributed by atoms with E-state index in [1.165, 1.54) is 6.08 Å². The van der Waals surface area contributed by atoms with Crippen LogP contribution in [0.25, 0.3) is 6.08 Å². The van der Waals surface area contributed by atoms with Crippen molar-refractivity contribution in [2.24, 2.45) is 11.8 Å². The van der Waals surface area contributed by atoms with Gasteiger partial charge in [0.2, 0.25) is 0 Å². The third kappa shape index (κ3) is 6.41. The summed E-state index contributed by atoms with van der Waals surface area (Å²) in [4.78, 5) is 36.8. The number of carbonyl (C=O) groups excluding carboxylic acids is 3. The van der Waals surface area contributed by atoms with Gasteiger partial charge in [0.25, 0.3) is 0 Å². The maximum atomic E-state index is 12.3. The summed E-state index contributed by atoms with van der Waals surface area (Å²) < 4.78 is 14.9. The van der Waals surface area contributed by atoms with Crippen LogP contribution in [-0.4, -0.2) is 37.7 Å². The fraction of sp³-hybridized carbons (Fsp3) is 0.421. The van der Waals surface area contributed by atoms with Gasteiger partial charge in [0.15, 0.2) is 5.92 Å². The van der Waals surface area contributed by atoms with Gasteiger partial charge in [-0.05, 0) is 26.3 Å². The lowest BCUT2D eigenvalue weighted by atomic mass is 9.91. The van der Waals surface area contributed by atoms with Gasteiger partial charge in [0.05, 0.1) is 25.7 Å². The molecule has 0 aliphatic heterocycles. The molecule has 0 amide bonds. The van der Waals surface area contributed by atoms with E-state index in [2.05, 4.69) is 0 Å². The minimum Gasteiger partial charge on any atom is -0.466 e. The Kier molecular flexibility index (Phi) is 9.00. The Morgan fingerprint density at radius 2 is 1.32 bits per heavy atom. The summed E-state index contributed by atoms with van der Waals surface area (Å²) in [7, 11) is 0. The molecule has 0 saturated heterocycles. The predicted molar refractivity (Wildman–Crippen MR) is 92.4 cm³/mol. The zero-order valence-electron chi connectivity index (χ0n) is 14.8. The monoisotopic (exact) mass is 348 g/mol. The number of benzene rings is 1. The summed E-state index contributed by atoms with van der Waals surface area (Å²) in [6.07, 6.45) is 3.14. The molecular formula is C19H24O6. The van der Waals surface area contributed by atoms with Gasteiger partial charge >= 0.3 is 17.9 Å². The fourth-order valence-electron chi connectivity index (χ4n) is 2.20. The molecule has 1 aromatic rings. The van der Waals surface area contributed by atoms with Crippen LogP contribution >= 0.6 is 0 Å². The van der Waals surface area contributed by atoms with E-state index in [0.29, 0.717) is 0 Å². The van der Waals surface area contributed by atoms with Crippen molar-refractivity contribution in [3.63, 3.8) is 0 Å². The molecule has 0 aromatic heterocycles. The first kappa shape index (κ1) is 20.4. The molecule has 1 rings (SSSR count). The van der Waals surface area contributed by atoms with Crippen LogP contribution in [0.2, 0.25) is 0 Å². The van der Waals surface area contributed by atoms with Crippen molar-refractivity contribution >= 4 is 24.0 Å². The lowest BCUT2D eigenvalue weighted by molar-refractivity contribution is -0.169. The highest BCUT2D eigenvalue weighted by atomic mass is 16.6. The lowest BCUT2D eigenvalue weighted by Crippen LogP contribution is -2.38. The molecule has 0 aliphatic rings. The van der Waals surface area contributed by atoms with E-state index in [-0.39, 0.29) is 19.8 Å². The largest absolute Gasteiger partial charge is 0.466 e. The average molecular weight is 348 g/mol. The molecule has 0 N–H and O–H groups in total. The first-order valence-electron chi connectivity index (χ1n) is 8.28. The molecule has 0 heterocycles. The van der Waals surface area contributed by atoms with Gasteiger partial charge in [-0.25, -0.2) is 0 Å². The van der Waals surface area contributed by atoms with Crippen LogP contribution < -0.4 is 0 Å². The summed E-state index contributed by atoms with van der Waals surface area (Å²) in [5, 5.41) is 0. The quantitative estimate of drug-likeness (QED) is 0.388. The van der Waals surface area contributed by atoms with Crippen LogP contribution in [-0.2, 0) is 28.6 Å². The first-order valence-corrected chi connectivity index (χ1v) is 8.28. The highest BCUT2D eigenvalue weighted by molar-refractivity contribution is 6.00. The van der Waals surface area contributed by atoms with Crippen molar-refractivity contribution in [3.05, 3.63) is 42.0 Å². The van der Waals surface area contributed by atoms with Crippen LogP contribution in [0, 0.1) is 11.8 Å². The molecule has 0 radical (unpaired) electrons. The number of hydrogen-bond acceptors (Lipinski definition) is 6. The molecule has 25 heavy (non-hydrogen) atoms. The van der Waals surface area contributed by atoms with Gasteiger partial charge < -0.3 is 14.2 Å². The number of rotatable bonds is 9. The molecule has 0 fully saturated rings. The lowest BCUT2D eigenvalue weighted by Gasteiger charge is -2.20. The Morgan fingerprint density at radius 3 is 1.80 bits per heavy atom. The summed E-state index contributed by atoms with van der Waals surface area (Å²) in [5.74, 6) is -4.83. The normalized spacial score (nSPS) is 12.0. The third-order valence-electron chi connectivity index (χ3n) is 3.29. The second-order valence-corrected chi connectivity index (χ2v) is 5.03. The van der Waals surface area contributed by atoms with Crippen molar-refractivity contribution < 1.29 is 28.6 Å². The van der Waals surface area contributed by atoms with E-state index in [9.17, 15) is 14.4 Å². The van der Waals surface area contributed by atoms with E-state index < -0.39 is 29.7 Å². The molecule has 1 atom stereocenters. The standard InChI is InChI=1S/C19H24O6/c1-4-23-17(20)15(13-12-14-10-8-7-9-11-14)16(18(21)24-5-2)19(22)25-6-3/h7-13,15-16H,4-6H2,1-3H3/b13-12+. The number of hydrogen-bond donors (Lipinski definition) is 0. The van der Waals surface area contributed by atoms with Crippen molar-refractivity contribution in [1.82, 2.24) is 0 Å². The van der Waals surface area contributed by atoms with E-state index in [4.69, 9.17) is 14.2 Å². The molecule has 0 saturated carbocycles. The SMILES string of the molecule is CCOC(=O)C(/C=C/c1ccccc1)C(C(=O)OCC)C(=O)OCC. The van der Waals surface area contributed by atoms with Crippen LogP contribution in [0.1, 0.15) is 26.3 Å². The molecule has 1 aromatic carbocycles. The Bertz CT molecular complexity index is 575. The van der Waals surface area contributed by atoms with Crippen LogP contribution in [0.4, 0.5) is 0 Å². The Labute approximate surface area is 147 Å². The molecule has 1 unspecified atom stereocenters. The predicted octanol–water partition coefficient (Wildman–Crippen LogP) is 2.62. The van der Waals surface area contributed by atoms with Crippen molar-refractivity contribution in [2.75, 3.05) is 19.8 Å². The number of carbonyl (C=O) groups is 3. The van der Waals surface area contributed by atoms with E-state index in [1.54, 1.807) is 26.8 Å². The zero-order valence-corrected chi connectivity index (χ0v) is 14.8. The Hall–Kier alpha value is -2.63. The molecule has 0 bridgehead atoms. The molecular weight excluding hydrogens is 324 g/mol. The Morgan fingerprint density at radius 1 is 0.840 bits per heavy atom. The van der Waals surface area contributed by atoms with Crippen molar-refractivity contribution in [2.45, 2.75) is 20.8 Å². The van der Waals surface area contributed by atoms with Gasteiger partial charge in [-0.3, -0.25) is 14.4 Å². The topological polar surface area (TPSA) is 78.9 Å². The van der Waals surface area contributed by atoms with E-state index in [0.717, 1.165) is 5.56 Å². The smallest absolute Gasteiger partial charge is 0.321 e. The van der Waals surface area contributed by atoms with Gasteiger partial charge in [-0.15, -0.1) is 0 Å². The number of esters is 3. The zero-order chi connectivity index (χ0) is 18.7. The third-order valence-corrected chi connectivity index (χ3v) is 3.29. The van der Waals surface area contributed by atoms with Gasteiger partial charge in [0, 0.05) is 0 Å². The van der Waals surface area contributed by atoms with Crippen LogP contribution in [0.15, 0.2) is 36.4 Å². The van der Waals surface area contributed by atoms with E-state index in [1.807, 2.05) is 30.3 Å². The summed E-state index contributed by atoms with van der Waals surface area (Å²) in [6, 6.07) is 9.21. The molecule has 136 valence electrons. The van der Waals surface area contributed by atoms with Crippen LogP contribution in [0.3, 0.4) is 0 Å². The average Bonchev–Trinajstić information content (AvgIpc) is 2.59. The molecule has 0 aliphatic carbocycles. The van der Waals surface area contributed by atoms with Crippen LogP contribution in [0.5, 0.6) is 0 Å². The second kappa shape index (κ2) is 11.0. The molecule has 6 nitrogen and oxygen atoms in total. The minimum absolute atomic E-state index is 0.0900.